The summed E-state index contributed by atoms with van der Waals surface area (Å²) in [5.41, 5.74) is 0. The van der Waals surface area contributed by atoms with E-state index in [0.29, 0.717) is 10.5 Å². The van der Waals surface area contributed by atoms with Gasteiger partial charge in [-0.15, -0.1) is 0 Å². The molecule has 0 spiro atoms. The average Bonchev–Trinajstić information content (AvgIpc) is 2.22. The Bertz CT molecular complexity index is 101. The van der Waals surface area contributed by atoms with Gasteiger partial charge in [-0.2, -0.15) is 25.3 Å². The predicted molar refractivity (Wildman–Crippen MR) is 73.8 cm³/mol. The van der Waals surface area contributed by atoms with Gasteiger partial charge in [-0.25, -0.2) is 0 Å². The lowest BCUT2D eigenvalue weighted by molar-refractivity contribution is 0.573. The maximum atomic E-state index is 4.49. The van der Waals surface area contributed by atoms with E-state index in [1.165, 1.54) is 51.4 Å². The molecule has 14 heavy (non-hydrogen) atoms. The van der Waals surface area contributed by atoms with E-state index in [0.717, 1.165) is 0 Å². The molecule has 0 saturated carbocycles. The highest BCUT2D eigenvalue weighted by Gasteiger charge is 2.01. The van der Waals surface area contributed by atoms with Gasteiger partial charge in [0.15, 0.2) is 0 Å². The molecule has 0 rings (SSSR count). The lowest BCUT2D eigenvalue weighted by Crippen LogP contribution is -1.97. The van der Waals surface area contributed by atoms with Crippen LogP contribution in [-0.4, -0.2) is 10.5 Å². The van der Waals surface area contributed by atoms with Crippen molar-refractivity contribution in [3.05, 3.63) is 0 Å². The highest BCUT2D eigenvalue weighted by atomic mass is 32.1. The van der Waals surface area contributed by atoms with Crippen molar-refractivity contribution in [2.45, 2.75) is 75.7 Å². The normalized spacial score (nSPS) is 15.4. The van der Waals surface area contributed by atoms with Crippen molar-refractivity contribution in [1.29, 1.82) is 0 Å². The Morgan fingerprint density at radius 1 is 0.714 bits per heavy atom. The van der Waals surface area contributed by atoms with E-state index >= 15 is 0 Å². The minimum absolute atomic E-state index is 0.628. The molecular formula is C12H26S2. The Balaban J connectivity index is 3.06. The van der Waals surface area contributed by atoms with Crippen molar-refractivity contribution in [3.63, 3.8) is 0 Å². The first kappa shape index (κ1) is 14.7. The minimum Gasteiger partial charge on any atom is -0.176 e. The van der Waals surface area contributed by atoms with Gasteiger partial charge in [0.05, 0.1) is 0 Å². The molecule has 0 bridgehead atoms. The Labute approximate surface area is 101 Å². The van der Waals surface area contributed by atoms with Crippen LogP contribution in [0, 0.1) is 0 Å². The van der Waals surface area contributed by atoms with Crippen LogP contribution in [0.25, 0.3) is 0 Å². The monoisotopic (exact) mass is 234 g/mol. The second kappa shape index (κ2) is 10.2. The smallest absolute Gasteiger partial charge is 0.00141 e. The molecule has 2 unspecified atom stereocenters. The van der Waals surface area contributed by atoms with Crippen molar-refractivity contribution >= 4 is 25.3 Å². The molecular weight excluding hydrogens is 208 g/mol. The van der Waals surface area contributed by atoms with E-state index < -0.39 is 0 Å². The van der Waals surface area contributed by atoms with E-state index in [9.17, 15) is 0 Å². The van der Waals surface area contributed by atoms with Crippen LogP contribution in [-0.2, 0) is 0 Å². The highest BCUT2D eigenvalue weighted by Crippen LogP contribution is 2.15. The summed E-state index contributed by atoms with van der Waals surface area (Å²) in [6.45, 7) is 4.43. The number of hydrogen-bond donors (Lipinski definition) is 2. The Hall–Kier alpha value is 0.700. The van der Waals surface area contributed by atoms with Gasteiger partial charge in [-0.05, 0) is 25.7 Å². The predicted octanol–water partition coefficient (Wildman–Crippen LogP) is 4.74. The number of hydrogen-bond acceptors (Lipinski definition) is 2. The molecule has 0 fully saturated rings. The molecule has 0 amide bonds. The van der Waals surface area contributed by atoms with Crippen molar-refractivity contribution in [2.24, 2.45) is 0 Å². The Morgan fingerprint density at radius 2 is 1.07 bits per heavy atom. The number of unbranched alkanes of at least 4 members (excludes halogenated alkanes) is 3. The fourth-order valence-electron chi connectivity index (χ4n) is 1.52. The molecule has 0 aliphatic carbocycles. The molecule has 0 aromatic heterocycles. The Morgan fingerprint density at radius 3 is 1.36 bits per heavy atom. The summed E-state index contributed by atoms with van der Waals surface area (Å²) in [5, 5.41) is 1.26. The third-order valence-corrected chi connectivity index (χ3v) is 4.01. The van der Waals surface area contributed by atoms with Gasteiger partial charge in [0.1, 0.15) is 0 Å². The maximum absolute atomic E-state index is 4.49. The molecule has 0 aliphatic heterocycles. The second-order valence-electron chi connectivity index (χ2n) is 4.12. The second-order valence-corrected chi connectivity index (χ2v) is 5.58. The number of rotatable bonds is 9. The van der Waals surface area contributed by atoms with Gasteiger partial charge in [-0.3, -0.25) is 0 Å². The first-order valence-electron chi connectivity index (χ1n) is 6.06. The zero-order valence-electron chi connectivity index (χ0n) is 9.71. The Kier molecular flexibility index (Phi) is 10.7. The topological polar surface area (TPSA) is 0 Å². The van der Waals surface area contributed by atoms with E-state index in [1.54, 1.807) is 0 Å². The van der Waals surface area contributed by atoms with Crippen molar-refractivity contribution < 1.29 is 0 Å². The van der Waals surface area contributed by atoms with Crippen LogP contribution in [0.4, 0.5) is 0 Å². The van der Waals surface area contributed by atoms with Crippen LogP contribution < -0.4 is 0 Å². The fraction of sp³-hybridized carbons (Fsp3) is 1.00. The first-order valence-corrected chi connectivity index (χ1v) is 7.10. The third-order valence-electron chi connectivity index (χ3n) is 2.77. The molecule has 2 heteroatoms. The summed E-state index contributed by atoms with van der Waals surface area (Å²) in [6, 6.07) is 0. The SMILES string of the molecule is CCC(S)CCCCCCC(S)CC. The van der Waals surface area contributed by atoms with Crippen LogP contribution in [0.1, 0.15) is 65.2 Å². The molecule has 0 saturated heterocycles. The molecule has 0 N–H and O–H groups in total. The fourth-order valence-corrected chi connectivity index (χ4v) is 1.89. The van der Waals surface area contributed by atoms with Crippen molar-refractivity contribution in [1.82, 2.24) is 0 Å². The molecule has 86 valence electrons. The molecule has 0 aromatic rings. The third kappa shape index (κ3) is 9.26. The molecule has 2 atom stereocenters. The standard InChI is InChI=1S/C12H26S2/c1-3-11(13)9-7-5-6-8-10-12(14)4-2/h11-14H,3-10H2,1-2H3. The van der Waals surface area contributed by atoms with Gasteiger partial charge in [0, 0.05) is 10.5 Å². The lowest BCUT2D eigenvalue weighted by Gasteiger charge is -2.08. The average molecular weight is 234 g/mol. The molecule has 0 nitrogen and oxygen atoms in total. The summed E-state index contributed by atoms with van der Waals surface area (Å²) in [7, 11) is 0. The van der Waals surface area contributed by atoms with Crippen LogP contribution in [0.5, 0.6) is 0 Å². The zero-order chi connectivity index (χ0) is 10.8. The van der Waals surface area contributed by atoms with Gasteiger partial charge in [0.25, 0.3) is 0 Å². The molecule has 0 radical (unpaired) electrons. The van der Waals surface area contributed by atoms with E-state index in [4.69, 9.17) is 0 Å². The quantitative estimate of drug-likeness (QED) is 0.418. The van der Waals surface area contributed by atoms with Crippen LogP contribution in [0.3, 0.4) is 0 Å². The largest absolute Gasteiger partial charge is 0.176 e. The highest BCUT2D eigenvalue weighted by molar-refractivity contribution is 7.81. The first-order chi connectivity index (χ1) is 6.70. The zero-order valence-corrected chi connectivity index (χ0v) is 11.5. The van der Waals surface area contributed by atoms with E-state index in [2.05, 4.69) is 39.1 Å². The van der Waals surface area contributed by atoms with Crippen molar-refractivity contribution in [3.8, 4) is 0 Å². The van der Waals surface area contributed by atoms with E-state index in [1.807, 2.05) is 0 Å². The lowest BCUT2D eigenvalue weighted by atomic mass is 10.1. The van der Waals surface area contributed by atoms with Crippen LogP contribution >= 0.6 is 25.3 Å². The maximum Gasteiger partial charge on any atom is 0.00141 e. The summed E-state index contributed by atoms with van der Waals surface area (Å²) in [5.74, 6) is 0. The van der Waals surface area contributed by atoms with E-state index in [-0.39, 0.29) is 0 Å². The molecule has 0 aliphatic rings. The summed E-state index contributed by atoms with van der Waals surface area (Å²) < 4.78 is 0. The van der Waals surface area contributed by atoms with Gasteiger partial charge < -0.3 is 0 Å². The van der Waals surface area contributed by atoms with Gasteiger partial charge in [-0.1, -0.05) is 39.5 Å². The summed E-state index contributed by atoms with van der Waals surface area (Å²) in [4.78, 5) is 0. The summed E-state index contributed by atoms with van der Waals surface area (Å²) >= 11 is 8.98. The van der Waals surface area contributed by atoms with Crippen molar-refractivity contribution in [2.75, 3.05) is 0 Å². The molecule has 0 aromatic carbocycles. The van der Waals surface area contributed by atoms with Gasteiger partial charge >= 0.3 is 0 Å². The van der Waals surface area contributed by atoms with Gasteiger partial charge in [0.2, 0.25) is 0 Å². The summed E-state index contributed by atoms with van der Waals surface area (Å²) in [6.07, 6.45) is 10.4. The minimum atomic E-state index is 0.628. The van der Waals surface area contributed by atoms with Crippen LogP contribution in [0.2, 0.25) is 0 Å². The number of thiol groups is 2. The van der Waals surface area contributed by atoms with Crippen LogP contribution in [0.15, 0.2) is 0 Å². The molecule has 0 heterocycles.